The van der Waals surface area contributed by atoms with Gasteiger partial charge in [-0.15, -0.1) is 0 Å². The molecule has 0 saturated carbocycles. The van der Waals surface area contributed by atoms with Gasteiger partial charge in [-0.1, -0.05) is 29.8 Å². The summed E-state index contributed by atoms with van der Waals surface area (Å²) in [5.74, 6) is -0.0461. The highest BCUT2D eigenvalue weighted by Crippen LogP contribution is 2.34. The maximum atomic E-state index is 13.6. The summed E-state index contributed by atoms with van der Waals surface area (Å²) in [6, 6.07) is 15.4. The average molecular weight is 505 g/mol. The third-order valence-corrected chi connectivity index (χ3v) is 6.99. The molecule has 0 atom stereocenters. The number of allylic oxidation sites excluding steroid dienone is 1. The molecular weight excluding hydrogens is 476 g/mol. The molecule has 0 unspecified atom stereocenters. The van der Waals surface area contributed by atoms with Gasteiger partial charge in [0.25, 0.3) is 5.91 Å². The molecule has 1 aliphatic heterocycles. The molecule has 1 aliphatic rings. The Morgan fingerprint density at radius 1 is 1.00 bits per heavy atom. The zero-order chi connectivity index (χ0) is 26.1. The molecule has 4 rings (SSSR count). The highest BCUT2D eigenvalue weighted by molar-refractivity contribution is 6.31. The molecule has 2 aromatic carbocycles. The third kappa shape index (κ3) is 4.56. The molecule has 0 fully saturated rings. The number of aromatic nitrogens is 1. The van der Waals surface area contributed by atoms with Crippen molar-refractivity contribution < 1.29 is 19.1 Å². The van der Waals surface area contributed by atoms with Crippen molar-refractivity contribution in [1.29, 1.82) is 0 Å². The fourth-order valence-electron chi connectivity index (χ4n) is 4.54. The lowest BCUT2D eigenvalue weighted by Crippen LogP contribution is -2.24. The van der Waals surface area contributed by atoms with Crippen LogP contribution in [0.1, 0.15) is 35.0 Å². The first-order valence-corrected chi connectivity index (χ1v) is 12.0. The predicted octanol–water partition coefficient (Wildman–Crippen LogP) is 5.94. The molecule has 36 heavy (non-hydrogen) atoms. The molecule has 0 saturated heterocycles. The van der Waals surface area contributed by atoms with Crippen molar-refractivity contribution in [1.82, 2.24) is 9.47 Å². The van der Waals surface area contributed by atoms with Crippen molar-refractivity contribution in [2.45, 2.75) is 34.2 Å². The Labute approximate surface area is 216 Å². The Morgan fingerprint density at radius 3 is 2.31 bits per heavy atom. The van der Waals surface area contributed by atoms with Gasteiger partial charge in [-0.3, -0.25) is 4.79 Å². The Hall–Kier alpha value is -3.77. The lowest BCUT2D eigenvalue weighted by Gasteiger charge is -2.18. The monoisotopic (exact) mass is 504 g/mol. The van der Waals surface area contributed by atoms with Crippen LogP contribution in [0.3, 0.4) is 0 Å². The second-order valence-corrected chi connectivity index (χ2v) is 9.25. The van der Waals surface area contributed by atoms with Crippen LogP contribution in [0.4, 0.5) is 0 Å². The fraction of sp³-hybridized carbons (Fsp3) is 0.241. The molecular formula is C29H29ClN2O4. The van der Waals surface area contributed by atoms with Gasteiger partial charge in [-0.05, 0) is 80.8 Å². The number of amides is 1. The van der Waals surface area contributed by atoms with Crippen LogP contribution in [0.2, 0.25) is 5.02 Å². The lowest BCUT2D eigenvalue weighted by molar-refractivity contribution is -0.136. The number of benzene rings is 2. The first-order chi connectivity index (χ1) is 17.2. The summed E-state index contributed by atoms with van der Waals surface area (Å²) in [5.41, 5.74) is 6.77. The highest BCUT2D eigenvalue weighted by atomic mass is 35.5. The minimum atomic E-state index is -0.538. The lowest BCUT2D eigenvalue weighted by atomic mass is 10.0. The average Bonchev–Trinajstić information content (AvgIpc) is 3.27. The third-order valence-electron chi connectivity index (χ3n) is 6.58. The van der Waals surface area contributed by atoms with E-state index in [2.05, 4.69) is 4.57 Å². The number of aryl methyl sites for hydroxylation is 2. The van der Waals surface area contributed by atoms with Crippen LogP contribution in [0, 0.1) is 20.8 Å². The highest BCUT2D eigenvalue weighted by Gasteiger charge is 2.37. The zero-order valence-electron chi connectivity index (χ0n) is 21.3. The SMILES string of the molecule is COC(=O)C1=C(C)N(Cc2ccc(OC)cc2)C(=O)/C1=C\c1cc(C)n(-c2ccc(C)c(Cl)c2)c1C. The van der Waals surface area contributed by atoms with Gasteiger partial charge in [-0.25, -0.2) is 4.79 Å². The Balaban J connectivity index is 1.76. The maximum Gasteiger partial charge on any atom is 0.340 e. The van der Waals surface area contributed by atoms with E-state index in [1.54, 1.807) is 25.0 Å². The predicted molar refractivity (Wildman–Crippen MR) is 141 cm³/mol. The van der Waals surface area contributed by atoms with Gasteiger partial charge in [0.05, 0.1) is 31.9 Å². The molecule has 0 N–H and O–H groups in total. The summed E-state index contributed by atoms with van der Waals surface area (Å²) in [7, 11) is 2.93. The van der Waals surface area contributed by atoms with E-state index in [-0.39, 0.29) is 11.5 Å². The number of hydrogen-bond donors (Lipinski definition) is 0. The molecule has 1 aromatic heterocycles. The van der Waals surface area contributed by atoms with Gasteiger partial charge in [0, 0.05) is 27.8 Å². The molecule has 3 aromatic rings. The maximum absolute atomic E-state index is 13.6. The van der Waals surface area contributed by atoms with Crippen molar-refractivity contribution in [2.75, 3.05) is 14.2 Å². The van der Waals surface area contributed by atoms with Gasteiger partial charge in [0.15, 0.2) is 0 Å². The first kappa shape index (κ1) is 25.3. The van der Waals surface area contributed by atoms with Crippen LogP contribution in [0.5, 0.6) is 5.75 Å². The normalized spacial score (nSPS) is 14.7. The number of nitrogens with zero attached hydrogens (tertiary/aromatic N) is 2. The quantitative estimate of drug-likeness (QED) is 0.308. The molecule has 7 heteroatoms. The smallest absolute Gasteiger partial charge is 0.340 e. The number of rotatable bonds is 6. The molecule has 0 radical (unpaired) electrons. The molecule has 6 nitrogen and oxygen atoms in total. The van der Waals surface area contributed by atoms with Crippen LogP contribution in [-0.2, 0) is 20.9 Å². The number of esters is 1. The van der Waals surface area contributed by atoms with Gasteiger partial charge in [0.1, 0.15) is 5.75 Å². The van der Waals surface area contributed by atoms with Crippen LogP contribution < -0.4 is 4.74 Å². The zero-order valence-corrected chi connectivity index (χ0v) is 22.1. The Morgan fingerprint density at radius 2 is 1.69 bits per heavy atom. The number of carbonyl (C=O) groups is 2. The largest absolute Gasteiger partial charge is 0.497 e. The van der Waals surface area contributed by atoms with Crippen LogP contribution >= 0.6 is 11.6 Å². The van der Waals surface area contributed by atoms with Crippen molar-refractivity contribution in [3.63, 3.8) is 0 Å². The minimum absolute atomic E-state index is 0.244. The number of carbonyl (C=O) groups excluding carboxylic acids is 2. The van der Waals surface area contributed by atoms with Gasteiger partial charge >= 0.3 is 5.97 Å². The molecule has 0 spiro atoms. The fourth-order valence-corrected chi connectivity index (χ4v) is 4.71. The summed E-state index contributed by atoms with van der Waals surface area (Å²) in [6.07, 6.45) is 1.78. The van der Waals surface area contributed by atoms with E-state index in [0.717, 1.165) is 39.5 Å². The topological polar surface area (TPSA) is 60.8 Å². The van der Waals surface area contributed by atoms with E-state index in [4.69, 9.17) is 21.1 Å². The summed E-state index contributed by atoms with van der Waals surface area (Å²) in [6.45, 7) is 8.04. The standard InChI is InChI=1S/C29H29ClN2O4/c1-17-7-10-23(15-26(17)30)32-18(2)13-22(19(32)3)14-25-27(29(34)36-6)20(4)31(28(25)33)16-21-8-11-24(35-5)12-9-21/h7-15H,16H2,1-6H3/b25-14-. The molecule has 2 heterocycles. The van der Waals surface area contributed by atoms with Crippen molar-refractivity contribution in [2.24, 2.45) is 0 Å². The van der Waals surface area contributed by atoms with Gasteiger partial charge < -0.3 is 18.9 Å². The van der Waals surface area contributed by atoms with Crippen molar-refractivity contribution in [3.05, 3.63) is 98.5 Å². The molecule has 186 valence electrons. The number of ether oxygens (including phenoxy) is 2. The van der Waals surface area contributed by atoms with E-state index in [1.165, 1.54) is 7.11 Å². The summed E-state index contributed by atoms with van der Waals surface area (Å²) >= 11 is 6.38. The first-order valence-electron chi connectivity index (χ1n) is 11.6. The van der Waals surface area contributed by atoms with Crippen LogP contribution in [0.25, 0.3) is 11.8 Å². The van der Waals surface area contributed by atoms with E-state index >= 15 is 0 Å². The Bertz CT molecular complexity index is 1410. The van der Waals surface area contributed by atoms with Gasteiger partial charge in [-0.2, -0.15) is 0 Å². The molecule has 1 amide bonds. The summed E-state index contributed by atoms with van der Waals surface area (Å²) in [4.78, 5) is 28.0. The minimum Gasteiger partial charge on any atom is -0.497 e. The second-order valence-electron chi connectivity index (χ2n) is 8.84. The van der Waals surface area contributed by atoms with E-state index < -0.39 is 5.97 Å². The summed E-state index contributed by atoms with van der Waals surface area (Å²) in [5, 5.41) is 0.687. The van der Waals surface area contributed by atoms with Gasteiger partial charge in [0.2, 0.25) is 0 Å². The molecule has 0 aliphatic carbocycles. The number of methoxy groups -OCH3 is 2. The molecule has 0 bridgehead atoms. The second kappa shape index (κ2) is 10.1. The van der Waals surface area contributed by atoms with Crippen LogP contribution in [-0.4, -0.2) is 35.6 Å². The number of halogens is 1. The van der Waals surface area contributed by atoms with E-state index in [0.29, 0.717) is 22.8 Å². The number of hydrogen-bond acceptors (Lipinski definition) is 4. The van der Waals surface area contributed by atoms with Crippen molar-refractivity contribution >= 4 is 29.6 Å². The van der Waals surface area contributed by atoms with Crippen molar-refractivity contribution in [3.8, 4) is 11.4 Å². The van der Waals surface area contributed by atoms with E-state index in [9.17, 15) is 9.59 Å². The Kier molecular flexibility index (Phi) is 7.09. The summed E-state index contributed by atoms with van der Waals surface area (Å²) < 4.78 is 12.4. The van der Waals surface area contributed by atoms with Crippen LogP contribution in [0.15, 0.2) is 65.4 Å². The van der Waals surface area contributed by atoms with E-state index in [1.807, 2.05) is 69.3 Å².